The van der Waals surface area contributed by atoms with Crippen molar-refractivity contribution >= 4 is 11.4 Å². The van der Waals surface area contributed by atoms with E-state index in [1.54, 1.807) is 0 Å². The lowest BCUT2D eigenvalue weighted by Crippen LogP contribution is -2.38. The summed E-state index contributed by atoms with van der Waals surface area (Å²) < 4.78 is 0. The summed E-state index contributed by atoms with van der Waals surface area (Å²) in [5.74, 6) is 0. The minimum absolute atomic E-state index is 0.477. The Bertz CT molecular complexity index is 476. The Kier molecular flexibility index (Phi) is 3.91. The first kappa shape index (κ1) is 13.0. The van der Waals surface area contributed by atoms with Gasteiger partial charge in [0.15, 0.2) is 0 Å². The van der Waals surface area contributed by atoms with Crippen LogP contribution in [0.4, 0.5) is 11.4 Å². The third-order valence-corrected chi connectivity index (χ3v) is 4.02. The molecule has 0 aromatic heterocycles. The molecule has 1 saturated heterocycles. The molecule has 0 N–H and O–H groups in total. The Morgan fingerprint density at radius 3 is 1.65 bits per heavy atom. The number of hydrogen-bond donors (Lipinski definition) is 0. The highest BCUT2D eigenvalue weighted by Crippen LogP contribution is 2.30. The van der Waals surface area contributed by atoms with E-state index in [9.17, 15) is 0 Å². The SMILES string of the molecule is CCCC1N(c2ccccc2)CCN1c1ccccc1. The van der Waals surface area contributed by atoms with E-state index >= 15 is 0 Å². The largest absolute Gasteiger partial charge is 0.349 e. The topological polar surface area (TPSA) is 6.48 Å². The number of hydrogen-bond acceptors (Lipinski definition) is 2. The van der Waals surface area contributed by atoms with Gasteiger partial charge in [0.2, 0.25) is 0 Å². The van der Waals surface area contributed by atoms with Gasteiger partial charge in [0, 0.05) is 24.5 Å². The number of para-hydroxylation sites is 2. The lowest BCUT2D eigenvalue weighted by Gasteiger charge is -2.32. The molecule has 0 unspecified atom stereocenters. The highest BCUT2D eigenvalue weighted by molar-refractivity contribution is 5.56. The average molecular weight is 266 g/mol. The van der Waals surface area contributed by atoms with Crippen LogP contribution in [-0.2, 0) is 0 Å². The molecular weight excluding hydrogens is 244 g/mol. The Hall–Kier alpha value is -1.96. The standard InChI is InChI=1S/C18H22N2/c1-2-9-18-19(16-10-5-3-6-11-16)14-15-20(18)17-12-7-4-8-13-17/h3-8,10-13,18H,2,9,14-15H2,1H3. The number of anilines is 2. The van der Waals surface area contributed by atoms with E-state index in [-0.39, 0.29) is 0 Å². The molecule has 2 aromatic rings. The quantitative estimate of drug-likeness (QED) is 0.820. The van der Waals surface area contributed by atoms with Gasteiger partial charge >= 0.3 is 0 Å². The van der Waals surface area contributed by atoms with Crippen molar-refractivity contribution in [2.45, 2.75) is 25.9 Å². The van der Waals surface area contributed by atoms with Gasteiger partial charge in [0.25, 0.3) is 0 Å². The van der Waals surface area contributed by atoms with Gasteiger partial charge in [-0.3, -0.25) is 0 Å². The molecule has 1 fully saturated rings. The zero-order valence-corrected chi connectivity index (χ0v) is 12.1. The molecule has 1 aliphatic rings. The van der Waals surface area contributed by atoms with Crippen molar-refractivity contribution in [3.05, 3.63) is 60.7 Å². The molecule has 1 aliphatic heterocycles. The molecule has 2 aromatic carbocycles. The lowest BCUT2D eigenvalue weighted by molar-refractivity contribution is 0.601. The first-order valence-corrected chi connectivity index (χ1v) is 7.53. The molecule has 104 valence electrons. The normalized spacial score (nSPS) is 15.8. The van der Waals surface area contributed by atoms with Crippen molar-refractivity contribution in [3.63, 3.8) is 0 Å². The van der Waals surface area contributed by atoms with Crippen LogP contribution in [0.1, 0.15) is 19.8 Å². The molecule has 0 amide bonds. The zero-order chi connectivity index (χ0) is 13.8. The minimum Gasteiger partial charge on any atom is -0.349 e. The monoisotopic (exact) mass is 266 g/mol. The maximum Gasteiger partial charge on any atom is 0.102 e. The predicted octanol–water partition coefficient (Wildman–Crippen LogP) is 4.14. The summed E-state index contributed by atoms with van der Waals surface area (Å²) in [5, 5.41) is 0. The van der Waals surface area contributed by atoms with Crippen molar-refractivity contribution in [1.29, 1.82) is 0 Å². The highest BCUT2D eigenvalue weighted by atomic mass is 15.4. The molecule has 0 spiro atoms. The molecule has 2 heteroatoms. The van der Waals surface area contributed by atoms with Gasteiger partial charge < -0.3 is 9.80 Å². The highest BCUT2D eigenvalue weighted by Gasteiger charge is 2.31. The van der Waals surface area contributed by atoms with Crippen LogP contribution in [0.3, 0.4) is 0 Å². The average Bonchev–Trinajstić information content (AvgIpc) is 2.93. The Labute approximate surface area is 121 Å². The van der Waals surface area contributed by atoms with Crippen LogP contribution in [0, 0.1) is 0 Å². The van der Waals surface area contributed by atoms with Crippen LogP contribution < -0.4 is 9.80 Å². The van der Waals surface area contributed by atoms with Crippen LogP contribution in [0.15, 0.2) is 60.7 Å². The van der Waals surface area contributed by atoms with Crippen molar-refractivity contribution in [2.75, 3.05) is 22.9 Å². The summed E-state index contributed by atoms with van der Waals surface area (Å²) in [6, 6.07) is 21.6. The molecule has 0 bridgehead atoms. The molecular formula is C18H22N2. The van der Waals surface area contributed by atoms with E-state index in [1.165, 1.54) is 24.2 Å². The Morgan fingerprint density at radius 1 is 0.800 bits per heavy atom. The Morgan fingerprint density at radius 2 is 1.25 bits per heavy atom. The van der Waals surface area contributed by atoms with E-state index in [4.69, 9.17) is 0 Å². The first-order valence-electron chi connectivity index (χ1n) is 7.53. The first-order chi connectivity index (χ1) is 9.90. The fourth-order valence-electron chi connectivity index (χ4n) is 3.09. The third-order valence-electron chi connectivity index (χ3n) is 4.02. The third kappa shape index (κ3) is 2.51. The summed E-state index contributed by atoms with van der Waals surface area (Å²) >= 11 is 0. The maximum atomic E-state index is 2.54. The number of nitrogens with zero attached hydrogens (tertiary/aromatic N) is 2. The maximum absolute atomic E-state index is 2.54. The summed E-state index contributed by atoms with van der Waals surface area (Å²) in [5.41, 5.74) is 2.67. The summed E-state index contributed by atoms with van der Waals surface area (Å²) in [6.45, 7) is 4.47. The minimum atomic E-state index is 0.477. The van der Waals surface area contributed by atoms with Crippen molar-refractivity contribution < 1.29 is 0 Å². The number of benzene rings is 2. The van der Waals surface area contributed by atoms with E-state index in [2.05, 4.69) is 77.4 Å². The van der Waals surface area contributed by atoms with Crippen LogP contribution in [0.2, 0.25) is 0 Å². The van der Waals surface area contributed by atoms with E-state index < -0.39 is 0 Å². The fourth-order valence-corrected chi connectivity index (χ4v) is 3.09. The van der Waals surface area contributed by atoms with Gasteiger partial charge in [-0.15, -0.1) is 0 Å². The van der Waals surface area contributed by atoms with Gasteiger partial charge in [-0.05, 0) is 30.7 Å². The summed E-state index contributed by atoms with van der Waals surface area (Å²) in [6.07, 6.45) is 2.88. The molecule has 0 radical (unpaired) electrons. The molecule has 20 heavy (non-hydrogen) atoms. The van der Waals surface area contributed by atoms with Gasteiger partial charge in [-0.2, -0.15) is 0 Å². The lowest BCUT2D eigenvalue weighted by atomic mass is 10.2. The molecule has 0 atom stereocenters. The van der Waals surface area contributed by atoms with Gasteiger partial charge in [0.05, 0.1) is 0 Å². The van der Waals surface area contributed by atoms with Crippen LogP contribution in [-0.4, -0.2) is 19.3 Å². The summed E-state index contributed by atoms with van der Waals surface area (Å²) in [7, 11) is 0. The molecule has 3 rings (SSSR count). The molecule has 0 aliphatic carbocycles. The van der Waals surface area contributed by atoms with Crippen LogP contribution in [0.25, 0.3) is 0 Å². The van der Waals surface area contributed by atoms with Crippen molar-refractivity contribution in [3.8, 4) is 0 Å². The van der Waals surface area contributed by atoms with Gasteiger partial charge in [0.1, 0.15) is 6.17 Å². The Balaban J connectivity index is 1.87. The smallest absolute Gasteiger partial charge is 0.102 e. The van der Waals surface area contributed by atoms with Gasteiger partial charge in [-0.1, -0.05) is 49.7 Å². The second-order valence-corrected chi connectivity index (χ2v) is 5.33. The van der Waals surface area contributed by atoms with Crippen LogP contribution in [0.5, 0.6) is 0 Å². The fraction of sp³-hybridized carbons (Fsp3) is 0.333. The molecule has 1 heterocycles. The second-order valence-electron chi connectivity index (χ2n) is 5.33. The van der Waals surface area contributed by atoms with Gasteiger partial charge in [-0.25, -0.2) is 0 Å². The predicted molar refractivity (Wildman–Crippen MR) is 86.3 cm³/mol. The number of rotatable bonds is 4. The van der Waals surface area contributed by atoms with E-state index in [1.807, 2.05) is 0 Å². The van der Waals surface area contributed by atoms with Crippen molar-refractivity contribution in [2.24, 2.45) is 0 Å². The summed E-state index contributed by atoms with van der Waals surface area (Å²) in [4.78, 5) is 5.08. The van der Waals surface area contributed by atoms with Crippen molar-refractivity contribution in [1.82, 2.24) is 0 Å². The van der Waals surface area contributed by atoms with E-state index in [0.717, 1.165) is 13.1 Å². The molecule has 2 nitrogen and oxygen atoms in total. The second kappa shape index (κ2) is 6.00. The molecule has 0 saturated carbocycles. The van der Waals surface area contributed by atoms with E-state index in [0.29, 0.717) is 6.17 Å². The van der Waals surface area contributed by atoms with Crippen LogP contribution >= 0.6 is 0 Å². The zero-order valence-electron chi connectivity index (χ0n) is 12.1.